The SMILES string of the molecule is CCOC(=O)CCNn1c(C)ccc1C. The van der Waals surface area contributed by atoms with E-state index in [0.29, 0.717) is 19.6 Å². The van der Waals surface area contributed by atoms with Gasteiger partial charge >= 0.3 is 5.97 Å². The van der Waals surface area contributed by atoms with Gasteiger partial charge < -0.3 is 10.2 Å². The first-order valence-electron chi connectivity index (χ1n) is 5.19. The van der Waals surface area contributed by atoms with Gasteiger partial charge in [0.2, 0.25) is 0 Å². The van der Waals surface area contributed by atoms with Crippen LogP contribution < -0.4 is 5.43 Å². The summed E-state index contributed by atoms with van der Waals surface area (Å²) in [6, 6.07) is 4.07. The number of aryl methyl sites for hydroxylation is 2. The van der Waals surface area contributed by atoms with Crippen LogP contribution >= 0.6 is 0 Å². The average Bonchev–Trinajstić information content (AvgIpc) is 2.49. The summed E-state index contributed by atoms with van der Waals surface area (Å²) in [5.41, 5.74) is 5.44. The third-order valence-electron chi connectivity index (χ3n) is 2.18. The lowest BCUT2D eigenvalue weighted by molar-refractivity contribution is -0.142. The summed E-state index contributed by atoms with van der Waals surface area (Å²) < 4.78 is 6.81. The Morgan fingerprint density at radius 1 is 1.40 bits per heavy atom. The first-order chi connectivity index (χ1) is 7.15. The van der Waals surface area contributed by atoms with Gasteiger partial charge in [-0.3, -0.25) is 9.47 Å². The zero-order valence-corrected chi connectivity index (χ0v) is 9.54. The summed E-state index contributed by atoms with van der Waals surface area (Å²) in [6.07, 6.45) is 0.394. The van der Waals surface area contributed by atoms with Crippen LogP contribution in [0.25, 0.3) is 0 Å². The van der Waals surface area contributed by atoms with Crippen molar-refractivity contribution in [1.82, 2.24) is 4.68 Å². The highest BCUT2D eigenvalue weighted by molar-refractivity contribution is 5.69. The van der Waals surface area contributed by atoms with Crippen LogP contribution in [0, 0.1) is 13.8 Å². The van der Waals surface area contributed by atoms with E-state index < -0.39 is 0 Å². The highest BCUT2D eigenvalue weighted by Gasteiger charge is 2.03. The molecule has 0 aromatic carbocycles. The minimum absolute atomic E-state index is 0.160. The lowest BCUT2D eigenvalue weighted by atomic mass is 10.4. The van der Waals surface area contributed by atoms with E-state index in [2.05, 4.69) is 5.43 Å². The molecule has 0 unspecified atom stereocenters. The number of carbonyl (C=O) groups is 1. The Balaban J connectivity index is 2.35. The Morgan fingerprint density at radius 2 is 2.00 bits per heavy atom. The van der Waals surface area contributed by atoms with E-state index in [4.69, 9.17) is 4.74 Å². The number of nitrogens with one attached hydrogen (secondary N) is 1. The van der Waals surface area contributed by atoms with Crippen molar-refractivity contribution in [2.45, 2.75) is 27.2 Å². The topological polar surface area (TPSA) is 43.3 Å². The van der Waals surface area contributed by atoms with Crippen molar-refractivity contribution in [3.05, 3.63) is 23.5 Å². The van der Waals surface area contributed by atoms with Crippen molar-refractivity contribution >= 4 is 5.97 Å². The van der Waals surface area contributed by atoms with Crippen LogP contribution in [0.15, 0.2) is 12.1 Å². The number of carbonyl (C=O) groups excluding carboxylic acids is 1. The van der Waals surface area contributed by atoms with Crippen LogP contribution in [0.1, 0.15) is 24.7 Å². The molecule has 0 fully saturated rings. The second-order valence-electron chi connectivity index (χ2n) is 3.41. The van der Waals surface area contributed by atoms with Crippen molar-refractivity contribution in [1.29, 1.82) is 0 Å². The number of ether oxygens (including phenoxy) is 1. The van der Waals surface area contributed by atoms with Crippen LogP contribution in [0.4, 0.5) is 0 Å². The van der Waals surface area contributed by atoms with Gasteiger partial charge in [0.1, 0.15) is 0 Å². The average molecular weight is 210 g/mol. The second-order valence-corrected chi connectivity index (χ2v) is 3.41. The summed E-state index contributed by atoms with van der Waals surface area (Å²) in [5, 5.41) is 0. The molecular formula is C11H18N2O2. The van der Waals surface area contributed by atoms with E-state index in [1.807, 2.05) is 37.6 Å². The highest BCUT2D eigenvalue weighted by Crippen LogP contribution is 2.03. The predicted octanol–water partition coefficient (Wildman–Crippen LogP) is 1.60. The van der Waals surface area contributed by atoms with Crippen LogP contribution in [-0.2, 0) is 9.53 Å². The Labute approximate surface area is 90.2 Å². The molecule has 1 N–H and O–H groups in total. The summed E-state index contributed by atoms with van der Waals surface area (Å²) in [4.78, 5) is 11.1. The second kappa shape index (κ2) is 5.44. The molecule has 1 rings (SSSR count). The molecule has 0 atom stereocenters. The summed E-state index contributed by atoms with van der Waals surface area (Å²) in [6.45, 7) is 6.88. The molecule has 15 heavy (non-hydrogen) atoms. The van der Waals surface area contributed by atoms with E-state index in [0.717, 1.165) is 11.4 Å². The van der Waals surface area contributed by atoms with Gasteiger partial charge in [0.05, 0.1) is 13.0 Å². The molecule has 0 spiro atoms. The molecule has 0 radical (unpaired) electrons. The summed E-state index contributed by atoms with van der Waals surface area (Å²) in [7, 11) is 0. The number of esters is 1. The van der Waals surface area contributed by atoms with Crippen LogP contribution in [-0.4, -0.2) is 23.8 Å². The Kier molecular flexibility index (Phi) is 4.21. The Bertz CT molecular complexity index is 312. The molecule has 0 amide bonds. The Hall–Kier alpha value is -1.45. The molecule has 0 aliphatic rings. The largest absolute Gasteiger partial charge is 0.466 e. The first-order valence-corrected chi connectivity index (χ1v) is 5.19. The summed E-state index contributed by atoms with van der Waals surface area (Å²) >= 11 is 0. The van der Waals surface area contributed by atoms with Crippen molar-refractivity contribution in [2.75, 3.05) is 18.6 Å². The van der Waals surface area contributed by atoms with E-state index in [1.165, 1.54) is 0 Å². The minimum Gasteiger partial charge on any atom is -0.466 e. The van der Waals surface area contributed by atoms with Gasteiger partial charge in [-0.15, -0.1) is 0 Å². The van der Waals surface area contributed by atoms with Crippen molar-refractivity contribution < 1.29 is 9.53 Å². The van der Waals surface area contributed by atoms with Gasteiger partial charge in [0.15, 0.2) is 0 Å². The van der Waals surface area contributed by atoms with E-state index in [-0.39, 0.29) is 5.97 Å². The van der Waals surface area contributed by atoms with Gasteiger partial charge in [0, 0.05) is 17.9 Å². The molecule has 0 aliphatic carbocycles. The van der Waals surface area contributed by atoms with Gasteiger partial charge in [-0.05, 0) is 32.9 Å². The molecule has 84 valence electrons. The molecule has 0 aliphatic heterocycles. The minimum atomic E-state index is -0.160. The number of nitrogens with zero attached hydrogens (tertiary/aromatic N) is 1. The molecule has 1 heterocycles. The quantitative estimate of drug-likeness (QED) is 0.751. The normalized spacial score (nSPS) is 10.1. The third kappa shape index (κ3) is 3.31. The molecule has 1 aromatic heterocycles. The van der Waals surface area contributed by atoms with Crippen molar-refractivity contribution in [3.8, 4) is 0 Å². The standard InChI is InChI=1S/C11H18N2O2/c1-4-15-11(14)7-8-12-13-9(2)5-6-10(13)3/h5-6,12H,4,7-8H2,1-3H3. The maximum Gasteiger partial charge on any atom is 0.307 e. The molecule has 1 aromatic rings. The lowest BCUT2D eigenvalue weighted by Crippen LogP contribution is -2.21. The maximum absolute atomic E-state index is 11.1. The van der Waals surface area contributed by atoms with Crippen LogP contribution in [0.2, 0.25) is 0 Å². The highest BCUT2D eigenvalue weighted by atomic mass is 16.5. The van der Waals surface area contributed by atoms with Gasteiger partial charge in [-0.25, -0.2) is 0 Å². The molecule has 0 saturated heterocycles. The summed E-state index contributed by atoms with van der Waals surface area (Å²) in [5.74, 6) is -0.160. The van der Waals surface area contributed by atoms with Crippen molar-refractivity contribution in [3.63, 3.8) is 0 Å². The fourth-order valence-corrected chi connectivity index (χ4v) is 1.42. The Morgan fingerprint density at radius 3 is 2.53 bits per heavy atom. The van der Waals surface area contributed by atoms with E-state index in [9.17, 15) is 4.79 Å². The zero-order chi connectivity index (χ0) is 11.3. The molecule has 0 saturated carbocycles. The zero-order valence-electron chi connectivity index (χ0n) is 9.54. The predicted molar refractivity (Wildman–Crippen MR) is 59.4 cm³/mol. The fraction of sp³-hybridized carbons (Fsp3) is 0.545. The van der Waals surface area contributed by atoms with E-state index in [1.54, 1.807) is 0 Å². The molecule has 0 bridgehead atoms. The van der Waals surface area contributed by atoms with Crippen molar-refractivity contribution in [2.24, 2.45) is 0 Å². The first kappa shape index (κ1) is 11.6. The fourth-order valence-electron chi connectivity index (χ4n) is 1.42. The van der Waals surface area contributed by atoms with Crippen LogP contribution in [0.3, 0.4) is 0 Å². The number of hydrogen-bond acceptors (Lipinski definition) is 3. The molecule has 4 nitrogen and oxygen atoms in total. The lowest BCUT2D eigenvalue weighted by Gasteiger charge is -2.11. The number of aromatic nitrogens is 1. The van der Waals surface area contributed by atoms with Gasteiger partial charge in [-0.2, -0.15) is 0 Å². The molecule has 4 heteroatoms. The third-order valence-corrected chi connectivity index (χ3v) is 2.18. The monoisotopic (exact) mass is 210 g/mol. The smallest absolute Gasteiger partial charge is 0.307 e. The van der Waals surface area contributed by atoms with Crippen LogP contribution in [0.5, 0.6) is 0 Å². The van der Waals surface area contributed by atoms with E-state index >= 15 is 0 Å². The number of rotatable bonds is 5. The van der Waals surface area contributed by atoms with Gasteiger partial charge in [0.25, 0.3) is 0 Å². The maximum atomic E-state index is 11.1. The number of hydrogen-bond donors (Lipinski definition) is 1. The van der Waals surface area contributed by atoms with Gasteiger partial charge in [-0.1, -0.05) is 0 Å². The molecular weight excluding hydrogens is 192 g/mol.